The highest BCUT2D eigenvalue weighted by molar-refractivity contribution is 8.00. The summed E-state index contributed by atoms with van der Waals surface area (Å²) in [6.45, 7) is 0. The van der Waals surface area contributed by atoms with Gasteiger partial charge in [0.2, 0.25) is 0 Å². The second-order valence-electron chi connectivity index (χ2n) is 3.54. The first kappa shape index (κ1) is 18.0. The predicted octanol–water partition coefficient (Wildman–Crippen LogP) is 3.86. The summed E-state index contributed by atoms with van der Waals surface area (Å²) in [6.07, 6.45) is -5.20. The number of methoxy groups -OCH3 is 1. The topological polar surface area (TPSA) is 59.3 Å². The van der Waals surface area contributed by atoms with Crippen molar-refractivity contribution in [2.24, 2.45) is 0 Å². The molecule has 22 heavy (non-hydrogen) atoms. The van der Waals surface area contributed by atoms with Crippen LogP contribution in [0.2, 0.25) is 0 Å². The lowest BCUT2D eigenvalue weighted by molar-refractivity contribution is -0.274. The highest BCUT2D eigenvalue weighted by Gasteiger charge is 2.35. The van der Waals surface area contributed by atoms with Crippen LogP contribution in [0, 0.1) is 11.3 Å². The summed E-state index contributed by atoms with van der Waals surface area (Å²) in [7, 11) is 0.828. The van der Waals surface area contributed by atoms with Gasteiger partial charge in [-0.3, -0.25) is 0 Å². The number of halogens is 6. The van der Waals surface area contributed by atoms with Gasteiger partial charge in [-0.15, -0.1) is 13.2 Å². The minimum absolute atomic E-state index is 0.397. The van der Waals surface area contributed by atoms with Crippen LogP contribution in [0.4, 0.5) is 26.3 Å². The van der Waals surface area contributed by atoms with Crippen molar-refractivity contribution >= 4 is 17.7 Å². The van der Waals surface area contributed by atoms with E-state index in [1.165, 1.54) is 6.07 Å². The molecule has 0 unspecified atom stereocenters. The largest absolute Gasteiger partial charge is 0.573 e. The van der Waals surface area contributed by atoms with Crippen LogP contribution in [0.5, 0.6) is 5.75 Å². The Morgan fingerprint density at radius 2 is 1.82 bits per heavy atom. The van der Waals surface area contributed by atoms with E-state index in [4.69, 9.17) is 5.26 Å². The quantitative estimate of drug-likeness (QED) is 0.473. The van der Waals surface area contributed by atoms with Gasteiger partial charge in [0.1, 0.15) is 17.4 Å². The van der Waals surface area contributed by atoms with E-state index in [1.54, 1.807) is 0 Å². The lowest BCUT2D eigenvalue weighted by Crippen LogP contribution is -2.19. The fraction of sp³-hybridized carbons (Fsp3) is 0.273. The van der Waals surface area contributed by atoms with Crippen LogP contribution in [-0.4, -0.2) is 24.9 Å². The van der Waals surface area contributed by atoms with Gasteiger partial charge < -0.3 is 9.47 Å². The molecule has 1 aromatic carbocycles. The van der Waals surface area contributed by atoms with Crippen LogP contribution >= 0.6 is 11.8 Å². The van der Waals surface area contributed by atoms with Crippen molar-refractivity contribution in [1.82, 2.24) is 0 Å². The summed E-state index contributed by atoms with van der Waals surface area (Å²) in [5.41, 5.74) is -6.41. The van der Waals surface area contributed by atoms with Gasteiger partial charge in [0.05, 0.1) is 12.7 Å². The second-order valence-corrected chi connectivity index (χ2v) is 4.65. The molecule has 0 N–H and O–H groups in total. The Balaban J connectivity index is 3.46. The Hall–Kier alpha value is -2.09. The van der Waals surface area contributed by atoms with E-state index in [-0.39, 0.29) is 0 Å². The number of ether oxygens (including phenoxy) is 2. The number of carbonyl (C=O) groups excluding carboxylic acids is 1. The number of benzene rings is 1. The molecule has 1 aromatic rings. The molecule has 120 valence electrons. The third-order valence-corrected chi connectivity index (χ3v) is 2.85. The molecule has 0 saturated heterocycles. The molecule has 0 radical (unpaired) electrons. The van der Waals surface area contributed by atoms with Gasteiger partial charge in [0.15, 0.2) is 0 Å². The van der Waals surface area contributed by atoms with Gasteiger partial charge in [-0.25, -0.2) is 4.79 Å². The average Bonchev–Trinajstić information content (AvgIpc) is 2.35. The number of thioether (sulfide) groups is 1. The van der Waals surface area contributed by atoms with Gasteiger partial charge in [-0.2, -0.15) is 18.4 Å². The summed E-state index contributed by atoms with van der Waals surface area (Å²) >= 11 is -0.746. The van der Waals surface area contributed by atoms with E-state index >= 15 is 0 Å². The molecule has 0 aliphatic heterocycles. The van der Waals surface area contributed by atoms with E-state index in [2.05, 4.69) is 9.47 Å². The standard InChI is InChI=1S/C11H5F6NO3S/c1-20-9(19)6-3-8(22-11(15,16)17)5(4-18)2-7(6)21-10(12,13)14/h2-3H,1H3. The summed E-state index contributed by atoms with van der Waals surface area (Å²) in [6, 6.07) is 2.17. The Morgan fingerprint density at radius 3 is 2.23 bits per heavy atom. The number of hydrogen-bond donors (Lipinski definition) is 0. The van der Waals surface area contributed by atoms with E-state index in [0.29, 0.717) is 12.1 Å². The monoisotopic (exact) mass is 345 g/mol. The zero-order valence-corrected chi connectivity index (χ0v) is 11.3. The highest BCUT2D eigenvalue weighted by Crippen LogP contribution is 2.41. The number of esters is 1. The number of alkyl halides is 6. The number of nitrogens with zero attached hydrogens (tertiary/aromatic N) is 1. The molecule has 0 bridgehead atoms. The van der Waals surface area contributed by atoms with Crippen molar-refractivity contribution in [3.63, 3.8) is 0 Å². The minimum atomic E-state index is -5.20. The van der Waals surface area contributed by atoms with Crippen molar-refractivity contribution in [3.05, 3.63) is 23.3 Å². The Morgan fingerprint density at radius 1 is 1.23 bits per heavy atom. The molecule has 0 aromatic heterocycles. The van der Waals surface area contributed by atoms with Crippen molar-refractivity contribution < 1.29 is 40.6 Å². The van der Waals surface area contributed by atoms with Crippen LogP contribution in [0.1, 0.15) is 15.9 Å². The summed E-state index contributed by atoms with van der Waals surface area (Å²) < 4.78 is 81.6. The molecule has 0 saturated carbocycles. The minimum Gasteiger partial charge on any atom is -0.465 e. The van der Waals surface area contributed by atoms with Gasteiger partial charge >= 0.3 is 17.8 Å². The van der Waals surface area contributed by atoms with Gasteiger partial charge in [-0.1, -0.05) is 0 Å². The molecule has 0 heterocycles. The van der Waals surface area contributed by atoms with Gasteiger partial charge in [0.25, 0.3) is 0 Å². The van der Waals surface area contributed by atoms with Crippen LogP contribution in [-0.2, 0) is 4.74 Å². The second kappa shape index (κ2) is 6.35. The Kier molecular flexibility index (Phi) is 5.18. The first-order valence-corrected chi connectivity index (χ1v) is 5.96. The molecular weight excluding hydrogens is 340 g/mol. The molecule has 1 rings (SSSR count). The van der Waals surface area contributed by atoms with Gasteiger partial charge in [0, 0.05) is 11.0 Å². The van der Waals surface area contributed by atoms with Crippen molar-refractivity contribution in [2.45, 2.75) is 16.8 Å². The van der Waals surface area contributed by atoms with E-state index in [9.17, 15) is 31.1 Å². The molecular formula is C11H5F6NO3S. The number of carbonyl (C=O) groups is 1. The van der Waals surface area contributed by atoms with E-state index in [1.807, 2.05) is 0 Å². The lowest BCUT2D eigenvalue weighted by atomic mass is 10.1. The van der Waals surface area contributed by atoms with Crippen LogP contribution < -0.4 is 4.74 Å². The molecule has 0 aliphatic carbocycles. The molecule has 0 atom stereocenters. The van der Waals surface area contributed by atoms with Crippen LogP contribution in [0.3, 0.4) is 0 Å². The summed E-state index contributed by atoms with van der Waals surface area (Å²) in [5.74, 6) is -2.46. The van der Waals surface area contributed by atoms with Crippen LogP contribution in [0.15, 0.2) is 17.0 Å². The highest BCUT2D eigenvalue weighted by atomic mass is 32.2. The fourth-order valence-corrected chi connectivity index (χ4v) is 1.98. The van der Waals surface area contributed by atoms with Gasteiger partial charge in [-0.05, 0) is 17.8 Å². The zero-order chi connectivity index (χ0) is 17.1. The normalized spacial score (nSPS) is 11.7. The third-order valence-electron chi connectivity index (χ3n) is 2.06. The number of nitriles is 1. The molecule has 0 spiro atoms. The number of hydrogen-bond acceptors (Lipinski definition) is 5. The average molecular weight is 345 g/mol. The fourth-order valence-electron chi connectivity index (χ4n) is 1.34. The van der Waals surface area contributed by atoms with Crippen molar-refractivity contribution in [3.8, 4) is 11.8 Å². The van der Waals surface area contributed by atoms with Crippen molar-refractivity contribution in [2.75, 3.05) is 7.11 Å². The van der Waals surface area contributed by atoms with Crippen molar-refractivity contribution in [1.29, 1.82) is 5.26 Å². The number of rotatable bonds is 3. The zero-order valence-electron chi connectivity index (χ0n) is 10.5. The molecule has 0 amide bonds. The maximum absolute atomic E-state index is 12.4. The first-order chi connectivity index (χ1) is 9.96. The Bertz CT molecular complexity index is 620. The van der Waals surface area contributed by atoms with Crippen LogP contribution in [0.25, 0.3) is 0 Å². The molecule has 0 aliphatic rings. The molecule has 4 nitrogen and oxygen atoms in total. The smallest absolute Gasteiger partial charge is 0.465 e. The summed E-state index contributed by atoms with van der Waals surface area (Å²) in [4.78, 5) is 10.6. The Labute approximate surface area is 123 Å². The maximum Gasteiger partial charge on any atom is 0.573 e. The predicted molar refractivity (Wildman–Crippen MR) is 61.1 cm³/mol. The third kappa shape index (κ3) is 5.03. The maximum atomic E-state index is 12.4. The lowest BCUT2D eigenvalue weighted by Gasteiger charge is -2.15. The molecule has 0 fully saturated rings. The first-order valence-electron chi connectivity index (χ1n) is 5.15. The SMILES string of the molecule is COC(=O)c1cc(SC(F)(F)F)c(C#N)cc1OC(F)(F)F. The molecule has 11 heteroatoms. The summed E-state index contributed by atoms with van der Waals surface area (Å²) in [5, 5.41) is 8.74. The van der Waals surface area contributed by atoms with E-state index in [0.717, 1.165) is 7.11 Å². The van der Waals surface area contributed by atoms with E-state index < -0.39 is 51.4 Å².